The fraction of sp³-hybridized carbons (Fsp3) is 0.778. The van der Waals surface area contributed by atoms with Crippen LogP contribution in [0.25, 0.3) is 0 Å². The van der Waals surface area contributed by atoms with Gasteiger partial charge in [0.1, 0.15) is 0 Å². The van der Waals surface area contributed by atoms with E-state index in [0.29, 0.717) is 13.2 Å². The van der Waals surface area contributed by atoms with Gasteiger partial charge in [0.2, 0.25) is 0 Å². The Morgan fingerprint density at radius 1 is 1.29 bits per heavy atom. The lowest BCUT2D eigenvalue weighted by Crippen LogP contribution is -2.08. The molecule has 0 radical (unpaired) electrons. The molecule has 0 rings (SSSR count). The van der Waals surface area contributed by atoms with E-state index in [1.165, 1.54) is 0 Å². The number of hydrogen-bond donors (Lipinski definition) is 0. The van der Waals surface area contributed by atoms with Crippen molar-refractivity contribution < 1.29 is 13.6 Å². The van der Waals surface area contributed by atoms with E-state index < -0.39 is 7.60 Å². The van der Waals surface area contributed by atoms with Gasteiger partial charge in [-0.25, -0.2) is 0 Å². The van der Waals surface area contributed by atoms with Crippen molar-refractivity contribution in [3.05, 3.63) is 11.5 Å². The lowest BCUT2D eigenvalue weighted by molar-refractivity contribution is 0.228. The Labute approximate surface area is 86.4 Å². The summed E-state index contributed by atoms with van der Waals surface area (Å²) < 4.78 is 22.2. The first-order valence-corrected chi connectivity index (χ1v) is 6.32. The minimum Gasteiger partial charge on any atom is -0.381 e. The van der Waals surface area contributed by atoms with Crippen molar-refractivity contribution in [1.82, 2.24) is 4.90 Å². The summed E-state index contributed by atoms with van der Waals surface area (Å²) >= 11 is 0. The van der Waals surface area contributed by atoms with E-state index in [1.807, 2.05) is 25.9 Å². The van der Waals surface area contributed by atoms with Crippen molar-refractivity contribution in [3.63, 3.8) is 0 Å². The predicted octanol–water partition coefficient (Wildman–Crippen LogP) is 2.68. The molecular weight excluding hydrogens is 201 g/mol. The summed E-state index contributed by atoms with van der Waals surface area (Å²) in [6.07, 6.45) is 0. The van der Waals surface area contributed by atoms with Gasteiger partial charge in [-0.3, -0.25) is 4.57 Å². The van der Waals surface area contributed by atoms with Gasteiger partial charge in [-0.1, -0.05) is 0 Å². The molecule has 84 valence electrons. The zero-order chi connectivity index (χ0) is 11.2. The molecule has 0 bridgehead atoms. The Kier molecular flexibility index (Phi) is 6.09. The first-order valence-electron chi connectivity index (χ1n) is 4.70. The minimum absolute atomic E-state index is 0.383. The quantitative estimate of drug-likeness (QED) is 0.646. The van der Waals surface area contributed by atoms with Gasteiger partial charge < -0.3 is 13.9 Å². The molecule has 0 aliphatic carbocycles. The number of allylic oxidation sites excluding steroid dienone is 1. The molecule has 4 nitrogen and oxygen atoms in total. The Morgan fingerprint density at radius 3 is 2.00 bits per heavy atom. The smallest absolute Gasteiger partial charge is 0.355 e. The molecule has 0 saturated heterocycles. The third-order valence-electron chi connectivity index (χ3n) is 1.67. The van der Waals surface area contributed by atoms with Crippen LogP contribution in [0.1, 0.15) is 20.8 Å². The molecule has 0 aromatic rings. The molecule has 0 saturated carbocycles. The third-order valence-corrected chi connectivity index (χ3v) is 3.59. The summed E-state index contributed by atoms with van der Waals surface area (Å²) in [5, 5.41) is 0. The second-order valence-electron chi connectivity index (χ2n) is 3.04. The third kappa shape index (κ3) is 4.80. The molecule has 0 aromatic carbocycles. The Morgan fingerprint density at radius 2 is 1.71 bits per heavy atom. The van der Waals surface area contributed by atoms with Crippen LogP contribution in [0, 0.1) is 0 Å². The van der Waals surface area contributed by atoms with Gasteiger partial charge in [0.05, 0.1) is 13.2 Å². The van der Waals surface area contributed by atoms with Crippen LogP contribution >= 0.6 is 7.60 Å². The Hall–Kier alpha value is -0.310. The second-order valence-corrected chi connectivity index (χ2v) is 4.89. The first kappa shape index (κ1) is 13.7. The van der Waals surface area contributed by atoms with E-state index in [2.05, 4.69) is 0 Å². The molecule has 0 aliphatic heterocycles. The highest BCUT2D eigenvalue weighted by atomic mass is 31.2. The van der Waals surface area contributed by atoms with E-state index in [9.17, 15) is 4.57 Å². The van der Waals surface area contributed by atoms with Crippen LogP contribution in [0.15, 0.2) is 11.5 Å². The number of nitrogens with zero attached hydrogens (tertiary/aromatic N) is 1. The molecule has 0 aromatic heterocycles. The van der Waals surface area contributed by atoms with Crippen LogP contribution in [0.4, 0.5) is 0 Å². The van der Waals surface area contributed by atoms with Gasteiger partial charge in [-0.2, -0.15) is 0 Å². The summed E-state index contributed by atoms with van der Waals surface area (Å²) in [6.45, 7) is 6.22. The first-order chi connectivity index (χ1) is 6.45. The average Bonchev–Trinajstić information content (AvgIpc) is 2.04. The van der Waals surface area contributed by atoms with Crippen molar-refractivity contribution in [1.29, 1.82) is 0 Å². The summed E-state index contributed by atoms with van der Waals surface area (Å²) in [4.78, 5) is 1.87. The van der Waals surface area contributed by atoms with Gasteiger partial charge in [0, 0.05) is 25.6 Å². The van der Waals surface area contributed by atoms with Crippen LogP contribution in [0.3, 0.4) is 0 Å². The van der Waals surface area contributed by atoms with Crippen molar-refractivity contribution in [2.75, 3.05) is 27.3 Å². The van der Waals surface area contributed by atoms with Crippen LogP contribution in [0.5, 0.6) is 0 Å². The maximum Gasteiger partial charge on any atom is 0.355 e. The monoisotopic (exact) mass is 221 g/mol. The fourth-order valence-corrected chi connectivity index (χ4v) is 2.45. The fourth-order valence-electron chi connectivity index (χ4n) is 0.816. The standard InChI is InChI=1S/C9H20NO3P/c1-6-12-14(11,13-7-2)8-9(3)10(4)5/h8H,6-7H2,1-5H3/b9-8+. The molecule has 0 N–H and O–H groups in total. The summed E-state index contributed by atoms with van der Waals surface area (Å²) in [6, 6.07) is 0. The zero-order valence-electron chi connectivity index (χ0n) is 9.61. The maximum atomic E-state index is 12.0. The van der Waals surface area contributed by atoms with Gasteiger partial charge in [-0.15, -0.1) is 0 Å². The molecular formula is C9H20NO3P. The van der Waals surface area contributed by atoms with Gasteiger partial charge in [-0.05, 0) is 20.8 Å². The zero-order valence-corrected chi connectivity index (χ0v) is 10.5. The van der Waals surface area contributed by atoms with Crippen molar-refractivity contribution in [2.24, 2.45) is 0 Å². The minimum atomic E-state index is -3.03. The van der Waals surface area contributed by atoms with E-state index in [-0.39, 0.29) is 0 Å². The molecule has 0 unspecified atom stereocenters. The normalized spacial score (nSPS) is 13.1. The predicted molar refractivity (Wildman–Crippen MR) is 58.3 cm³/mol. The van der Waals surface area contributed by atoms with E-state index in [0.717, 1.165) is 5.70 Å². The highest BCUT2D eigenvalue weighted by molar-refractivity contribution is 7.57. The molecule has 0 fully saturated rings. The van der Waals surface area contributed by atoms with E-state index in [4.69, 9.17) is 9.05 Å². The molecule has 14 heavy (non-hydrogen) atoms. The highest BCUT2D eigenvalue weighted by Crippen LogP contribution is 2.50. The van der Waals surface area contributed by atoms with Gasteiger partial charge in [0.25, 0.3) is 0 Å². The number of rotatable bonds is 6. The topological polar surface area (TPSA) is 38.8 Å². The average molecular weight is 221 g/mol. The van der Waals surface area contributed by atoms with Crippen LogP contribution in [-0.4, -0.2) is 32.2 Å². The highest BCUT2D eigenvalue weighted by Gasteiger charge is 2.20. The van der Waals surface area contributed by atoms with Crippen LogP contribution in [-0.2, 0) is 13.6 Å². The largest absolute Gasteiger partial charge is 0.381 e. The van der Waals surface area contributed by atoms with Gasteiger partial charge in [0.15, 0.2) is 0 Å². The van der Waals surface area contributed by atoms with Crippen molar-refractivity contribution in [2.45, 2.75) is 20.8 Å². The molecule has 0 aliphatic rings. The van der Waals surface area contributed by atoms with Crippen LogP contribution < -0.4 is 0 Å². The molecule has 0 amide bonds. The Bertz CT molecular complexity index is 228. The molecule has 0 spiro atoms. The summed E-state index contributed by atoms with van der Waals surface area (Å²) in [5.41, 5.74) is 0.871. The molecule has 0 heterocycles. The SMILES string of the molecule is CCOP(=O)(/C=C(\C)N(C)C)OCC. The van der Waals surface area contributed by atoms with Gasteiger partial charge >= 0.3 is 7.60 Å². The van der Waals surface area contributed by atoms with E-state index >= 15 is 0 Å². The van der Waals surface area contributed by atoms with Crippen molar-refractivity contribution >= 4 is 7.60 Å². The lowest BCUT2D eigenvalue weighted by Gasteiger charge is -2.17. The lowest BCUT2D eigenvalue weighted by atomic mass is 10.5. The second kappa shape index (κ2) is 6.23. The van der Waals surface area contributed by atoms with Crippen molar-refractivity contribution in [3.8, 4) is 0 Å². The Balaban J connectivity index is 4.66. The molecule has 5 heteroatoms. The summed E-state index contributed by atoms with van der Waals surface area (Å²) in [7, 11) is 0.733. The number of hydrogen-bond acceptors (Lipinski definition) is 4. The van der Waals surface area contributed by atoms with E-state index in [1.54, 1.807) is 19.7 Å². The molecule has 0 atom stereocenters. The van der Waals surface area contributed by atoms with Crippen LogP contribution in [0.2, 0.25) is 0 Å². The maximum absolute atomic E-state index is 12.0. The summed E-state index contributed by atoms with van der Waals surface area (Å²) in [5.74, 6) is 1.56.